The molecular weight excluding hydrogens is 126 g/mol. The molecule has 1 aliphatic carbocycles. The number of rotatable bonds is 1. The van der Waals surface area contributed by atoms with Gasteiger partial charge in [0, 0.05) is 6.61 Å². The normalized spacial score (nSPS) is 36.3. The van der Waals surface area contributed by atoms with Crippen molar-refractivity contribution >= 4 is 0 Å². The van der Waals surface area contributed by atoms with Crippen LogP contribution in [0, 0.1) is 11.3 Å². The first kappa shape index (κ1) is 6.62. The molecule has 0 amide bonds. The van der Waals surface area contributed by atoms with E-state index in [1.807, 2.05) is 0 Å². The molecule has 1 saturated carbocycles. The molecule has 58 valence electrons. The van der Waals surface area contributed by atoms with E-state index in [9.17, 15) is 0 Å². The van der Waals surface area contributed by atoms with Crippen LogP contribution in [0.4, 0.5) is 0 Å². The fourth-order valence-corrected chi connectivity index (χ4v) is 2.01. The zero-order valence-corrected chi connectivity index (χ0v) is 6.31. The zero-order valence-electron chi connectivity index (χ0n) is 6.31. The van der Waals surface area contributed by atoms with Gasteiger partial charge >= 0.3 is 0 Å². The van der Waals surface area contributed by atoms with Crippen LogP contribution in [0.3, 0.4) is 0 Å². The standard InChI is InChI=1S/C8H15NO/c9-5-7-1-4-10-6-8(7)2-3-8/h7H,1-6,9H2. The van der Waals surface area contributed by atoms with Gasteiger partial charge in [-0.25, -0.2) is 0 Å². The summed E-state index contributed by atoms with van der Waals surface area (Å²) >= 11 is 0. The molecule has 2 aliphatic rings. The second-order valence-electron chi connectivity index (χ2n) is 3.64. The molecule has 2 nitrogen and oxygen atoms in total. The predicted octanol–water partition coefficient (Wildman–Crippen LogP) is 0.762. The highest BCUT2D eigenvalue weighted by Gasteiger charge is 2.50. The molecule has 0 radical (unpaired) electrons. The Kier molecular flexibility index (Phi) is 1.46. The lowest BCUT2D eigenvalue weighted by Crippen LogP contribution is -2.34. The molecule has 0 aromatic carbocycles. The van der Waals surface area contributed by atoms with E-state index in [-0.39, 0.29) is 0 Å². The highest BCUT2D eigenvalue weighted by Crippen LogP contribution is 2.54. The van der Waals surface area contributed by atoms with Gasteiger partial charge in [-0.3, -0.25) is 0 Å². The number of ether oxygens (including phenoxy) is 1. The minimum Gasteiger partial charge on any atom is -0.381 e. The molecule has 0 aromatic rings. The number of nitrogens with two attached hydrogens (primary N) is 1. The maximum absolute atomic E-state index is 5.66. The van der Waals surface area contributed by atoms with Gasteiger partial charge in [0.2, 0.25) is 0 Å². The Morgan fingerprint density at radius 3 is 2.80 bits per heavy atom. The van der Waals surface area contributed by atoms with Crippen molar-refractivity contribution in [1.29, 1.82) is 0 Å². The molecule has 2 rings (SSSR count). The quantitative estimate of drug-likeness (QED) is 0.585. The van der Waals surface area contributed by atoms with Crippen molar-refractivity contribution in [3.8, 4) is 0 Å². The molecule has 1 atom stereocenters. The average molecular weight is 141 g/mol. The third kappa shape index (κ3) is 0.867. The Hall–Kier alpha value is -0.0800. The van der Waals surface area contributed by atoms with Gasteiger partial charge in [0.15, 0.2) is 0 Å². The van der Waals surface area contributed by atoms with E-state index >= 15 is 0 Å². The molecule has 2 heteroatoms. The van der Waals surface area contributed by atoms with Crippen LogP contribution in [0.25, 0.3) is 0 Å². The second-order valence-corrected chi connectivity index (χ2v) is 3.64. The van der Waals surface area contributed by atoms with Crippen LogP contribution in [-0.4, -0.2) is 19.8 Å². The lowest BCUT2D eigenvalue weighted by Gasteiger charge is -2.30. The summed E-state index contributed by atoms with van der Waals surface area (Å²) in [4.78, 5) is 0. The van der Waals surface area contributed by atoms with Crippen LogP contribution < -0.4 is 5.73 Å². The fraction of sp³-hybridized carbons (Fsp3) is 1.00. The minimum atomic E-state index is 0.549. The smallest absolute Gasteiger partial charge is 0.0525 e. The maximum Gasteiger partial charge on any atom is 0.0525 e. The molecule has 1 spiro atoms. The molecule has 1 heterocycles. The van der Waals surface area contributed by atoms with E-state index in [0.717, 1.165) is 25.7 Å². The first-order chi connectivity index (χ1) is 4.87. The lowest BCUT2D eigenvalue weighted by molar-refractivity contribution is 0.00627. The largest absolute Gasteiger partial charge is 0.381 e. The van der Waals surface area contributed by atoms with E-state index in [1.165, 1.54) is 19.3 Å². The SMILES string of the molecule is NCC1CCOCC12CC2. The van der Waals surface area contributed by atoms with Crippen molar-refractivity contribution in [2.45, 2.75) is 19.3 Å². The molecule has 1 aliphatic heterocycles. The van der Waals surface area contributed by atoms with Gasteiger partial charge in [-0.2, -0.15) is 0 Å². The monoisotopic (exact) mass is 141 g/mol. The van der Waals surface area contributed by atoms with Gasteiger partial charge in [-0.05, 0) is 37.1 Å². The lowest BCUT2D eigenvalue weighted by atomic mass is 9.85. The molecule has 0 bridgehead atoms. The van der Waals surface area contributed by atoms with Crippen molar-refractivity contribution in [2.24, 2.45) is 17.1 Å². The summed E-state index contributed by atoms with van der Waals surface area (Å²) in [6, 6.07) is 0. The molecule has 0 aromatic heterocycles. The van der Waals surface area contributed by atoms with E-state index < -0.39 is 0 Å². The van der Waals surface area contributed by atoms with Crippen LogP contribution in [-0.2, 0) is 4.74 Å². The van der Waals surface area contributed by atoms with Crippen molar-refractivity contribution in [3.63, 3.8) is 0 Å². The topological polar surface area (TPSA) is 35.2 Å². The third-order valence-corrected chi connectivity index (χ3v) is 3.04. The van der Waals surface area contributed by atoms with Crippen LogP contribution in [0.15, 0.2) is 0 Å². The highest BCUT2D eigenvalue weighted by molar-refractivity contribution is 5.00. The number of hydrogen-bond acceptors (Lipinski definition) is 2. The van der Waals surface area contributed by atoms with Crippen molar-refractivity contribution in [1.82, 2.24) is 0 Å². The zero-order chi connectivity index (χ0) is 7.03. The third-order valence-electron chi connectivity index (χ3n) is 3.04. The Labute approximate surface area is 61.7 Å². The highest BCUT2D eigenvalue weighted by atomic mass is 16.5. The summed E-state index contributed by atoms with van der Waals surface area (Å²) in [6.45, 7) is 2.78. The molecule has 1 saturated heterocycles. The van der Waals surface area contributed by atoms with Gasteiger partial charge in [0.05, 0.1) is 6.61 Å². The molecule has 2 N–H and O–H groups in total. The summed E-state index contributed by atoms with van der Waals surface area (Å²) in [7, 11) is 0. The van der Waals surface area contributed by atoms with Gasteiger partial charge in [-0.15, -0.1) is 0 Å². The van der Waals surface area contributed by atoms with Gasteiger partial charge in [-0.1, -0.05) is 0 Å². The van der Waals surface area contributed by atoms with E-state index in [1.54, 1.807) is 0 Å². The maximum atomic E-state index is 5.66. The van der Waals surface area contributed by atoms with Crippen molar-refractivity contribution in [3.05, 3.63) is 0 Å². The summed E-state index contributed by atoms with van der Waals surface area (Å²) in [6.07, 6.45) is 3.90. The predicted molar refractivity (Wildman–Crippen MR) is 39.6 cm³/mol. The van der Waals surface area contributed by atoms with Gasteiger partial charge in [0.25, 0.3) is 0 Å². The first-order valence-electron chi connectivity index (χ1n) is 4.15. The van der Waals surface area contributed by atoms with Crippen LogP contribution >= 0.6 is 0 Å². The molecule has 2 fully saturated rings. The van der Waals surface area contributed by atoms with E-state index in [4.69, 9.17) is 10.5 Å². The average Bonchev–Trinajstić information content (AvgIpc) is 2.71. The fourth-order valence-electron chi connectivity index (χ4n) is 2.01. The summed E-state index contributed by atoms with van der Waals surface area (Å²) in [5.74, 6) is 0.765. The number of hydrogen-bond donors (Lipinski definition) is 1. The molecule has 1 unspecified atom stereocenters. The molecular formula is C8H15NO. The second kappa shape index (κ2) is 2.21. The molecule has 10 heavy (non-hydrogen) atoms. The van der Waals surface area contributed by atoms with Crippen molar-refractivity contribution in [2.75, 3.05) is 19.8 Å². The Morgan fingerprint density at radius 1 is 1.50 bits per heavy atom. The minimum absolute atomic E-state index is 0.549. The van der Waals surface area contributed by atoms with E-state index in [0.29, 0.717) is 5.41 Å². The van der Waals surface area contributed by atoms with Gasteiger partial charge in [0.1, 0.15) is 0 Å². The Morgan fingerprint density at radius 2 is 2.30 bits per heavy atom. The van der Waals surface area contributed by atoms with Crippen LogP contribution in [0.2, 0.25) is 0 Å². The summed E-state index contributed by atoms with van der Waals surface area (Å²) in [5, 5.41) is 0. The van der Waals surface area contributed by atoms with Crippen LogP contribution in [0.1, 0.15) is 19.3 Å². The van der Waals surface area contributed by atoms with E-state index in [2.05, 4.69) is 0 Å². The summed E-state index contributed by atoms with van der Waals surface area (Å²) in [5.41, 5.74) is 6.21. The Balaban J connectivity index is 2.01. The Bertz CT molecular complexity index is 131. The first-order valence-corrected chi connectivity index (χ1v) is 4.15. The summed E-state index contributed by atoms with van der Waals surface area (Å²) < 4.78 is 5.42. The van der Waals surface area contributed by atoms with Crippen molar-refractivity contribution < 1.29 is 4.74 Å². The van der Waals surface area contributed by atoms with Gasteiger partial charge < -0.3 is 10.5 Å². The van der Waals surface area contributed by atoms with Crippen LogP contribution in [0.5, 0.6) is 0 Å².